The first-order valence-electron chi connectivity index (χ1n) is 4.58. The number of hydrogen-bond donors (Lipinski definition) is 2. The molecular formula is C8H14N2O4S2. The lowest BCUT2D eigenvalue weighted by molar-refractivity contribution is 0.180. The van der Waals surface area contributed by atoms with Crippen molar-refractivity contribution in [2.75, 3.05) is 13.7 Å². The van der Waals surface area contributed by atoms with Gasteiger partial charge >= 0.3 is 4.87 Å². The van der Waals surface area contributed by atoms with E-state index < -0.39 is 10.0 Å². The van der Waals surface area contributed by atoms with Crippen molar-refractivity contribution in [1.82, 2.24) is 9.71 Å². The fourth-order valence-electron chi connectivity index (χ4n) is 1.25. The van der Waals surface area contributed by atoms with Crippen LogP contribution in [0.15, 0.2) is 9.00 Å². The van der Waals surface area contributed by atoms with Crippen molar-refractivity contribution in [2.24, 2.45) is 0 Å². The Kier molecular flexibility index (Phi) is 4.25. The van der Waals surface area contributed by atoms with E-state index in [0.717, 1.165) is 0 Å². The van der Waals surface area contributed by atoms with Crippen LogP contribution in [0.25, 0.3) is 0 Å². The van der Waals surface area contributed by atoms with Crippen molar-refractivity contribution < 1.29 is 13.2 Å². The molecule has 1 atom stereocenters. The lowest BCUT2D eigenvalue weighted by Crippen LogP contribution is -2.35. The lowest BCUT2D eigenvalue weighted by Gasteiger charge is -2.12. The second kappa shape index (κ2) is 5.09. The molecule has 0 aliphatic carbocycles. The van der Waals surface area contributed by atoms with E-state index in [2.05, 4.69) is 9.71 Å². The molecule has 1 rings (SSSR count). The Morgan fingerprint density at radius 3 is 2.62 bits per heavy atom. The van der Waals surface area contributed by atoms with Crippen LogP contribution in [0.1, 0.15) is 12.6 Å². The lowest BCUT2D eigenvalue weighted by atomic mass is 10.4. The van der Waals surface area contributed by atoms with Gasteiger partial charge in [0.2, 0.25) is 0 Å². The second-order valence-electron chi connectivity index (χ2n) is 3.40. The number of methoxy groups -OCH3 is 1. The first-order chi connectivity index (χ1) is 7.36. The topological polar surface area (TPSA) is 88.3 Å². The fraction of sp³-hybridized carbons (Fsp3) is 0.625. The van der Waals surface area contributed by atoms with E-state index in [-0.39, 0.29) is 21.7 Å². The summed E-state index contributed by atoms with van der Waals surface area (Å²) in [6.45, 7) is 3.51. The van der Waals surface area contributed by atoms with Gasteiger partial charge in [-0.1, -0.05) is 11.3 Å². The normalized spacial score (nSPS) is 13.9. The molecule has 0 spiro atoms. The molecule has 1 aromatic rings. The molecule has 0 aromatic carbocycles. The molecule has 6 nitrogen and oxygen atoms in total. The molecular weight excluding hydrogens is 252 g/mol. The molecule has 16 heavy (non-hydrogen) atoms. The molecule has 0 amide bonds. The van der Waals surface area contributed by atoms with Crippen LogP contribution in [0.2, 0.25) is 0 Å². The van der Waals surface area contributed by atoms with Gasteiger partial charge in [-0.15, -0.1) is 0 Å². The Hall–Kier alpha value is -0.700. The number of thiazole rings is 1. The average Bonchev–Trinajstić information content (AvgIpc) is 2.45. The quantitative estimate of drug-likeness (QED) is 0.788. The number of nitrogens with one attached hydrogen (secondary N) is 2. The summed E-state index contributed by atoms with van der Waals surface area (Å²) in [5.41, 5.74) is 0.354. The van der Waals surface area contributed by atoms with Crippen LogP contribution < -0.4 is 9.60 Å². The van der Waals surface area contributed by atoms with Crippen LogP contribution in [0.3, 0.4) is 0 Å². The zero-order chi connectivity index (χ0) is 12.3. The minimum absolute atomic E-state index is 0.0282. The number of hydrogen-bond acceptors (Lipinski definition) is 5. The van der Waals surface area contributed by atoms with Crippen molar-refractivity contribution in [3.63, 3.8) is 0 Å². The standard InChI is InChI=1S/C8H14N2O4S2/c1-5(4-14-3)10-16(12,13)7-6(2)9-8(11)15-7/h5,10H,4H2,1-3H3,(H,9,11). The molecule has 1 aromatic heterocycles. The van der Waals surface area contributed by atoms with Crippen LogP contribution in [0, 0.1) is 6.92 Å². The molecule has 2 N–H and O–H groups in total. The van der Waals surface area contributed by atoms with Crippen molar-refractivity contribution in [1.29, 1.82) is 0 Å². The molecule has 1 unspecified atom stereocenters. The van der Waals surface area contributed by atoms with Crippen LogP contribution in [0.5, 0.6) is 0 Å². The third-order valence-electron chi connectivity index (χ3n) is 1.80. The van der Waals surface area contributed by atoms with Crippen molar-refractivity contribution in [3.8, 4) is 0 Å². The zero-order valence-electron chi connectivity index (χ0n) is 9.23. The average molecular weight is 266 g/mol. The largest absolute Gasteiger partial charge is 0.383 e. The Morgan fingerprint density at radius 1 is 1.56 bits per heavy atom. The number of rotatable bonds is 5. The summed E-state index contributed by atoms with van der Waals surface area (Å²) in [4.78, 5) is 13.1. The van der Waals surface area contributed by atoms with E-state index >= 15 is 0 Å². The molecule has 0 fully saturated rings. The number of aromatic nitrogens is 1. The molecule has 92 valence electrons. The number of sulfonamides is 1. The second-order valence-corrected chi connectivity index (χ2v) is 6.30. The van der Waals surface area contributed by atoms with Gasteiger partial charge in [-0.2, -0.15) is 0 Å². The summed E-state index contributed by atoms with van der Waals surface area (Å²) < 4.78 is 31.0. The molecule has 0 saturated carbocycles. The van der Waals surface area contributed by atoms with Gasteiger partial charge in [0, 0.05) is 18.8 Å². The SMILES string of the molecule is COCC(C)NS(=O)(=O)c1sc(=O)[nH]c1C. The highest BCUT2D eigenvalue weighted by molar-refractivity contribution is 7.91. The van der Waals surface area contributed by atoms with E-state index in [1.807, 2.05) is 0 Å². The summed E-state index contributed by atoms with van der Waals surface area (Å²) in [6.07, 6.45) is 0. The van der Waals surface area contributed by atoms with Gasteiger partial charge in [-0.05, 0) is 13.8 Å². The summed E-state index contributed by atoms with van der Waals surface area (Å²) in [5, 5.41) is 0. The van der Waals surface area contributed by atoms with Gasteiger partial charge in [0.15, 0.2) is 4.21 Å². The minimum atomic E-state index is -3.63. The van der Waals surface area contributed by atoms with Gasteiger partial charge in [0.1, 0.15) is 0 Å². The first-order valence-corrected chi connectivity index (χ1v) is 6.87. The summed E-state index contributed by atoms with van der Waals surface area (Å²) in [7, 11) is -2.14. The molecule has 1 heterocycles. The van der Waals surface area contributed by atoms with Gasteiger partial charge in [-0.25, -0.2) is 13.1 Å². The van der Waals surface area contributed by atoms with Crippen LogP contribution in [-0.4, -0.2) is 33.2 Å². The van der Waals surface area contributed by atoms with Gasteiger partial charge < -0.3 is 9.72 Å². The van der Waals surface area contributed by atoms with Gasteiger partial charge in [0.05, 0.1) is 6.61 Å². The van der Waals surface area contributed by atoms with E-state index in [4.69, 9.17) is 4.74 Å². The highest BCUT2D eigenvalue weighted by Gasteiger charge is 2.22. The number of H-pyrrole nitrogens is 1. The third kappa shape index (κ3) is 3.14. The summed E-state index contributed by atoms with van der Waals surface area (Å²) >= 11 is 0.679. The van der Waals surface area contributed by atoms with Gasteiger partial charge in [-0.3, -0.25) is 4.79 Å². The van der Waals surface area contributed by atoms with E-state index in [1.165, 1.54) is 7.11 Å². The van der Waals surface area contributed by atoms with E-state index in [0.29, 0.717) is 17.0 Å². The van der Waals surface area contributed by atoms with Crippen molar-refractivity contribution >= 4 is 21.4 Å². The summed E-state index contributed by atoms with van der Waals surface area (Å²) in [5.74, 6) is 0. The predicted molar refractivity (Wildman–Crippen MR) is 61.3 cm³/mol. The maximum Gasteiger partial charge on any atom is 0.305 e. The number of aryl methyl sites for hydroxylation is 1. The van der Waals surface area contributed by atoms with Crippen molar-refractivity contribution in [2.45, 2.75) is 24.1 Å². The molecule has 8 heteroatoms. The smallest absolute Gasteiger partial charge is 0.305 e. The van der Waals surface area contributed by atoms with Crippen LogP contribution in [-0.2, 0) is 14.8 Å². The maximum absolute atomic E-state index is 11.8. The highest BCUT2D eigenvalue weighted by atomic mass is 32.2. The summed E-state index contributed by atoms with van der Waals surface area (Å²) in [6, 6.07) is -0.341. The van der Waals surface area contributed by atoms with E-state index in [9.17, 15) is 13.2 Å². The third-order valence-corrected chi connectivity index (χ3v) is 4.99. The fourth-order valence-corrected chi connectivity index (χ4v) is 3.79. The molecule has 0 bridgehead atoms. The minimum Gasteiger partial charge on any atom is -0.383 e. The first kappa shape index (κ1) is 13.4. The van der Waals surface area contributed by atoms with Crippen LogP contribution in [0.4, 0.5) is 0 Å². The maximum atomic E-state index is 11.8. The molecule has 0 radical (unpaired) electrons. The van der Waals surface area contributed by atoms with Crippen molar-refractivity contribution in [3.05, 3.63) is 15.4 Å². The number of aromatic amines is 1. The zero-order valence-corrected chi connectivity index (χ0v) is 10.9. The number of ether oxygens (including phenoxy) is 1. The highest BCUT2D eigenvalue weighted by Crippen LogP contribution is 2.15. The molecule has 0 saturated heterocycles. The Labute approximate surface area is 97.7 Å². The van der Waals surface area contributed by atoms with Gasteiger partial charge in [0.25, 0.3) is 10.0 Å². The monoisotopic (exact) mass is 266 g/mol. The van der Waals surface area contributed by atoms with E-state index in [1.54, 1.807) is 13.8 Å². The van der Waals surface area contributed by atoms with Crippen LogP contribution >= 0.6 is 11.3 Å². The molecule has 0 aliphatic rings. The Bertz CT molecular complexity index is 502. The molecule has 0 aliphatic heterocycles. The Morgan fingerprint density at radius 2 is 2.19 bits per heavy atom. The predicted octanol–water partition coefficient (Wildman–Crippen LogP) is 0.0580. The Balaban J connectivity index is 2.94.